The molecule has 5 rings (SSSR count). The van der Waals surface area contributed by atoms with Gasteiger partial charge in [-0.2, -0.15) is 4.37 Å². The molecule has 4 aromatic rings. The molecular weight excluding hydrogens is 491 g/mol. The van der Waals surface area contributed by atoms with Crippen LogP contribution in [0.1, 0.15) is 42.7 Å². The Bertz CT molecular complexity index is 1460. The van der Waals surface area contributed by atoms with Crippen molar-refractivity contribution < 1.29 is 23.8 Å². The number of nitrogens with one attached hydrogen (secondary N) is 1. The lowest BCUT2D eigenvalue weighted by atomic mass is 9.93. The van der Waals surface area contributed by atoms with Gasteiger partial charge in [-0.05, 0) is 66.5 Å². The fourth-order valence-corrected chi connectivity index (χ4v) is 5.25. The zero-order chi connectivity index (χ0) is 26.2. The standard InChI is InChI=1S/C29H25FN2O4S/c1-17-25(31-28(35)36-18(2)19-6-4-3-5-7-19)26(37-32-17)21-10-13-23(24(30)16-21)20-8-11-22(12-9-20)29(14-15-29)27(33)34/h3-13,16,18H,14-15H2,1-2H3,(H,31,35)(H,33,34). The number of carboxylic acid groups (broad SMARTS) is 1. The van der Waals surface area contributed by atoms with Gasteiger partial charge in [-0.25, -0.2) is 9.18 Å². The molecule has 0 aliphatic heterocycles. The van der Waals surface area contributed by atoms with E-state index in [1.54, 1.807) is 50.2 Å². The summed E-state index contributed by atoms with van der Waals surface area (Å²) in [6, 6.07) is 21.3. The number of amides is 1. The molecule has 0 radical (unpaired) electrons. The van der Waals surface area contributed by atoms with E-state index in [4.69, 9.17) is 4.74 Å². The summed E-state index contributed by atoms with van der Waals surface area (Å²) >= 11 is 1.17. The van der Waals surface area contributed by atoms with Gasteiger partial charge in [-0.3, -0.25) is 10.1 Å². The number of benzene rings is 3. The molecular formula is C29H25FN2O4S. The average Bonchev–Trinajstić information content (AvgIpc) is 3.64. The van der Waals surface area contributed by atoms with Crippen LogP contribution in [0.3, 0.4) is 0 Å². The van der Waals surface area contributed by atoms with Crippen molar-refractivity contribution in [3.63, 3.8) is 0 Å². The number of halogens is 1. The summed E-state index contributed by atoms with van der Waals surface area (Å²) in [5.74, 6) is -1.25. The zero-order valence-electron chi connectivity index (χ0n) is 20.3. The summed E-state index contributed by atoms with van der Waals surface area (Å²) in [6.45, 7) is 3.56. The number of hydrogen-bond acceptors (Lipinski definition) is 5. The van der Waals surface area contributed by atoms with Crippen LogP contribution >= 0.6 is 11.5 Å². The molecule has 1 heterocycles. The minimum absolute atomic E-state index is 0.405. The van der Waals surface area contributed by atoms with Crippen molar-refractivity contribution in [1.29, 1.82) is 0 Å². The first kappa shape index (κ1) is 24.6. The third-order valence-corrected chi connectivity index (χ3v) is 7.77. The second-order valence-corrected chi connectivity index (χ2v) is 9.99. The summed E-state index contributed by atoms with van der Waals surface area (Å²) in [7, 11) is 0. The van der Waals surface area contributed by atoms with E-state index in [9.17, 15) is 14.7 Å². The maximum Gasteiger partial charge on any atom is 0.412 e. The lowest BCUT2D eigenvalue weighted by Crippen LogP contribution is -2.19. The highest BCUT2D eigenvalue weighted by Crippen LogP contribution is 2.48. The van der Waals surface area contributed by atoms with E-state index < -0.39 is 29.4 Å². The van der Waals surface area contributed by atoms with E-state index >= 15 is 4.39 Å². The zero-order valence-corrected chi connectivity index (χ0v) is 21.1. The fraction of sp³-hybridized carbons (Fsp3) is 0.207. The molecule has 2 N–H and O–H groups in total. The normalized spacial score (nSPS) is 14.6. The van der Waals surface area contributed by atoms with Crippen LogP contribution in [0.5, 0.6) is 0 Å². The number of carbonyl (C=O) groups is 2. The van der Waals surface area contributed by atoms with Gasteiger partial charge in [0, 0.05) is 5.56 Å². The van der Waals surface area contributed by atoms with Crippen molar-refractivity contribution in [3.8, 4) is 21.6 Å². The Morgan fingerprint density at radius 1 is 1.05 bits per heavy atom. The van der Waals surface area contributed by atoms with Gasteiger partial charge in [0.1, 0.15) is 11.9 Å². The van der Waals surface area contributed by atoms with Crippen molar-refractivity contribution in [3.05, 3.63) is 95.4 Å². The Morgan fingerprint density at radius 3 is 2.35 bits per heavy atom. The molecule has 188 valence electrons. The van der Waals surface area contributed by atoms with Crippen molar-refractivity contribution >= 4 is 29.3 Å². The molecule has 8 heteroatoms. The average molecular weight is 517 g/mol. The largest absolute Gasteiger partial charge is 0.481 e. The van der Waals surface area contributed by atoms with E-state index in [0.29, 0.717) is 45.8 Å². The number of aliphatic carboxylic acids is 1. The van der Waals surface area contributed by atoms with Crippen molar-refractivity contribution in [1.82, 2.24) is 4.37 Å². The molecule has 1 fully saturated rings. The first-order valence-corrected chi connectivity index (χ1v) is 12.7. The molecule has 1 saturated carbocycles. The number of rotatable bonds is 7. The molecule has 1 aliphatic carbocycles. The quantitative estimate of drug-likeness (QED) is 0.268. The predicted molar refractivity (Wildman–Crippen MR) is 141 cm³/mol. The number of carboxylic acids is 1. The number of nitrogens with zero attached hydrogens (tertiary/aromatic N) is 1. The van der Waals surface area contributed by atoms with Crippen LogP contribution in [0.15, 0.2) is 72.8 Å². The minimum atomic E-state index is -0.821. The van der Waals surface area contributed by atoms with E-state index in [2.05, 4.69) is 9.69 Å². The lowest BCUT2D eigenvalue weighted by molar-refractivity contribution is -0.140. The Morgan fingerprint density at radius 2 is 1.73 bits per heavy atom. The van der Waals surface area contributed by atoms with E-state index in [0.717, 1.165) is 11.1 Å². The molecule has 1 atom stereocenters. The van der Waals surface area contributed by atoms with Gasteiger partial charge in [-0.1, -0.05) is 66.7 Å². The van der Waals surface area contributed by atoms with Crippen molar-refractivity contribution in [2.24, 2.45) is 0 Å². The first-order valence-electron chi connectivity index (χ1n) is 11.9. The van der Waals surface area contributed by atoms with Crippen LogP contribution in [0.4, 0.5) is 14.9 Å². The minimum Gasteiger partial charge on any atom is -0.481 e. The van der Waals surface area contributed by atoms with Crippen LogP contribution in [0.25, 0.3) is 21.6 Å². The number of aryl methyl sites for hydroxylation is 1. The number of aromatic nitrogens is 1. The third-order valence-electron chi connectivity index (χ3n) is 6.78. The molecule has 0 bridgehead atoms. The topological polar surface area (TPSA) is 88.5 Å². The molecule has 0 spiro atoms. The molecule has 1 unspecified atom stereocenters. The second kappa shape index (κ2) is 9.78. The molecule has 1 amide bonds. The maximum absolute atomic E-state index is 15.2. The summed E-state index contributed by atoms with van der Waals surface area (Å²) in [5.41, 5.74) is 3.55. The summed E-state index contributed by atoms with van der Waals surface area (Å²) in [4.78, 5) is 24.8. The van der Waals surface area contributed by atoms with Crippen LogP contribution in [-0.4, -0.2) is 21.5 Å². The number of hydrogen-bond donors (Lipinski definition) is 2. The molecule has 1 aromatic heterocycles. The summed E-state index contributed by atoms with van der Waals surface area (Å²) in [5, 5.41) is 12.3. The van der Waals surface area contributed by atoms with Crippen LogP contribution in [-0.2, 0) is 14.9 Å². The number of carbonyl (C=O) groups excluding carboxylic acids is 1. The highest BCUT2D eigenvalue weighted by Gasteiger charge is 2.51. The maximum atomic E-state index is 15.2. The van der Waals surface area contributed by atoms with Crippen molar-refractivity contribution in [2.75, 3.05) is 5.32 Å². The Hall–Kier alpha value is -4.04. The van der Waals surface area contributed by atoms with Crippen LogP contribution in [0.2, 0.25) is 0 Å². The number of ether oxygens (including phenoxy) is 1. The molecule has 37 heavy (non-hydrogen) atoms. The van der Waals surface area contributed by atoms with Gasteiger partial charge >= 0.3 is 12.1 Å². The van der Waals surface area contributed by atoms with E-state index in [1.165, 1.54) is 17.6 Å². The van der Waals surface area contributed by atoms with Gasteiger partial charge < -0.3 is 9.84 Å². The van der Waals surface area contributed by atoms with Crippen LogP contribution in [0, 0.1) is 12.7 Å². The van der Waals surface area contributed by atoms with Gasteiger partial charge in [0.15, 0.2) is 0 Å². The van der Waals surface area contributed by atoms with Crippen molar-refractivity contribution in [2.45, 2.75) is 38.2 Å². The van der Waals surface area contributed by atoms with E-state index in [-0.39, 0.29) is 0 Å². The third kappa shape index (κ3) is 4.84. The molecule has 3 aromatic carbocycles. The Labute approximate surface area is 217 Å². The monoisotopic (exact) mass is 516 g/mol. The van der Waals surface area contributed by atoms with Gasteiger partial charge in [0.25, 0.3) is 0 Å². The van der Waals surface area contributed by atoms with Crippen LogP contribution < -0.4 is 5.32 Å². The second-order valence-electron chi connectivity index (χ2n) is 9.21. The number of anilines is 1. The molecule has 1 aliphatic rings. The van der Waals surface area contributed by atoms with Gasteiger partial charge in [-0.15, -0.1) is 0 Å². The summed E-state index contributed by atoms with van der Waals surface area (Å²) in [6.07, 6.45) is 0.181. The molecule has 0 saturated heterocycles. The Balaban J connectivity index is 1.34. The smallest absolute Gasteiger partial charge is 0.412 e. The predicted octanol–water partition coefficient (Wildman–Crippen LogP) is 7.35. The Kier molecular flexibility index (Phi) is 6.52. The summed E-state index contributed by atoms with van der Waals surface area (Å²) < 4.78 is 25.1. The highest BCUT2D eigenvalue weighted by molar-refractivity contribution is 7.10. The fourth-order valence-electron chi connectivity index (χ4n) is 4.41. The van der Waals surface area contributed by atoms with Gasteiger partial charge in [0.2, 0.25) is 0 Å². The lowest BCUT2D eigenvalue weighted by Gasteiger charge is -2.15. The SMILES string of the molecule is Cc1nsc(-c2ccc(-c3ccc(C4(C(=O)O)CC4)cc3)c(F)c2)c1NC(=O)OC(C)c1ccccc1. The highest BCUT2D eigenvalue weighted by atomic mass is 32.1. The first-order chi connectivity index (χ1) is 17.8. The van der Waals surface area contributed by atoms with E-state index in [1.807, 2.05) is 30.3 Å². The molecule has 6 nitrogen and oxygen atoms in total. The van der Waals surface area contributed by atoms with Gasteiger partial charge in [0.05, 0.1) is 21.7 Å².